The topological polar surface area (TPSA) is 59.3 Å². The number of benzene rings is 3. The van der Waals surface area contributed by atoms with Crippen molar-refractivity contribution >= 4 is 29.2 Å². The van der Waals surface area contributed by atoms with Gasteiger partial charge in [-0.25, -0.2) is 0 Å². The molecule has 0 fully saturated rings. The smallest absolute Gasteiger partial charge is 0.311 e. The van der Waals surface area contributed by atoms with Crippen molar-refractivity contribution in [1.29, 1.82) is 5.26 Å². The molecule has 4 nitrogen and oxygen atoms in total. The normalized spacial score (nSPS) is 10.9. The molecular formula is C25H20ClNO3. The molecule has 0 unspecified atom stereocenters. The molecule has 150 valence electrons. The second-order valence-corrected chi connectivity index (χ2v) is 6.92. The standard InChI is InChI=1S/C25H20ClNO3/c26-22-12-10-20(11-13-22)21(18-27)17-19-8-14-24(15-9-19)30-25(28)7-4-16-29-23-5-2-1-3-6-23/h1-3,5-6,8-15,17H,4,7,16H2/b21-17-. The van der Waals surface area contributed by atoms with Crippen LogP contribution in [-0.4, -0.2) is 12.6 Å². The number of nitrogens with zero attached hydrogens (tertiary/aromatic N) is 1. The van der Waals surface area contributed by atoms with Crippen LogP contribution in [0.3, 0.4) is 0 Å². The fourth-order valence-corrected chi connectivity index (χ4v) is 2.84. The first-order valence-corrected chi connectivity index (χ1v) is 9.88. The van der Waals surface area contributed by atoms with Crippen LogP contribution in [0.2, 0.25) is 5.02 Å². The van der Waals surface area contributed by atoms with Gasteiger partial charge in [-0.1, -0.05) is 54.1 Å². The predicted molar refractivity (Wildman–Crippen MR) is 118 cm³/mol. The lowest BCUT2D eigenvalue weighted by atomic mass is 10.0. The van der Waals surface area contributed by atoms with E-state index < -0.39 is 0 Å². The molecule has 3 aromatic carbocycles. The highest BCUT2D eigenvalue weighted by Gasteiger charge is 2.06. The summed E-state index contributed by atoms with van der Waals surface area (Å²) in [6.45, 7) is 0.449. The fraction of sp³-hybridized carbons (Fsp3) is 0.120. The first-order valence-electron chi connectivity index (χ1n) is 9.50. The largest absolute Gasteiger partial charge is 0.494 e. The molecule has 0 radical (unpaired) electrons. The van der Waals surface area contributed by atoms with E-state index in [-0.39, 0.29) is 12.4 Å². The Kier molecular flexibility index (Phi) is 7.65. The van der Waals surface area contributed by atoms with E-state index in [1.165, 1.54) is 0 Å². The Hall–Kier alpha value is -3.55. The Bertz CT molecular complexity index is 1040. The number of esters is 1. The average molecular weight is 418 g/mol. The number of hydrogen-bond acceptors (Lipinski definition) is 4. The van der Waals surface area contributed by atoms with Crippen LogP contribution in [0.1, 0.15) is 24.0 Å². The van der Waals surface area contributed by atoms with Crippen LogP contribution in [0.5, 0.6) is 11.5 Å². The Morgan fingerprint density at radius 2 is 1.63 bits per heavy atom. The Morgan fingerprint density at radius 1 is 0.933 bits per heavy atom. The Morgan fingerprint density at radius 3 is 2.30 bits per heavy atom. The van der Waals surface area contributed by atoms with Gasteiger partial charge in [0.05, 0.1) is 18.2 Å². The number of allylic oxidation sites excluding steroid dienone is 1. The van der Waals surface area contributed by atoms with Crippen molar-refractivity contribution in [2.75, 3.05) is 6.61 Å². The van der Waals surface area contributed by atoms with Gasteiger partial charge in [-0.15, -0.1) is 0 Å². The second-order valence-electron chi connectivity index (χ2n) is 6.48. The van der Waals surface area contributed by atoms with Crippen molar-refractivity contribution in [3.05, 3.63) is 95.0 Å². The zero-order valence-corrected chi connectivity index (χ0v) is 17.0. The molecule has 0 saturated heterocycles. The first kappa shape index (κ1) is 21.2. The summed E-state index contributed by atoms with van der Waals surface area (Å²) >= 11 is 5.90. The summed E-state index contributed by atoms with van der Waals surface area (Å²) < 4.78 is 10.9. The van der Waals surface area contributed by atoms with E-state index in [9.17, 15) is 10.1 Å². The summed E-state index contributed by atoms with van der Waals surface area (Å²) in [5, 5.41) is 10.0. The molecular weight excluding hydrogens is 398 g/mol. The van der Waals surface area contributed by atoms with Crippen molar-refractivity contribution in [1.82, 2.24) is 0 Å². The highest BCUT2D eigenvalue weighted by molar-refractivity contribution is 6.30. The van der Waals surface area contributed by atoms with E-state index >= 15 is 0 Å². The van der Waals surface area contributed by atoms with Crippen molar-refractivity contribution in [2.24, 2.45) is 0 Å². The molecule has 0 spiro atoms. The molecule has 0 aliphatic carbocycles. The third-order valence-corrected chi connectivity index (χ3v) is 4.49. The minimum absolute atomic E-state index is 0.267. The van der Waals surface area contributed by atoms with E-state index in [4.69, 9.17) is 21.1 Å². The highest BCUT2D eigenvalue weighted by Crippen LogP contribution is 2.21. The molecule has 0 aliphatic rings. The number of carbonyl (C=O) groups excluding carboxylic acids is 1. The van der Waals surface area contributed by atoms with Crippen LogP contribution in [0, 0.1) is 11.3 Å². The minimum Gasteiger partial charge on any atom is -0.494 e. The number of nitriles is 1. The van der Waals surface area contributed by atoms with Crippen molar-refractivity contribution < 1.29 is 14.3 Å². The SMILES string of the molecule is N#C/C(=C/c1ccc(OC(=O)CCCOc2ccccc2)cc1)c1ccc(Cl)cc1. The summed E-state index contributed by atoms with van der Waals surface area (Å²) in [6, 6.07) is 25.8. The van der Waals surface area contributed by atoms with Crippen LogP contribution in [0.15, 0.2) is 78.9 Å². The molecule has 5 heteroatoms. The highest BCUT2D eigenvalue weighted by atomic mass is 35.5. The van der Waals surface area contributed by atoms with Gasteiger partial charge in [0.15, 0.2) is 0 Å². The van der Waals surface area contributed by atoms with E-state index in [1.807, 2.05) is 30.3 Å². The van der Waals surface area contributed by atoms with Gasteiger partial charge in [0.1, 0.15) is 11.5 Å². The molecule has 0 heterocycles. The van der Waals surface area contributed by atoms with Crippen LogP contribution in [0.4, 0.5) is 0 Å². The summed E-state index contributed by atoms with van der Waals surface area (Å²) in [7, 11) is 0. The lowest BCUT2D eigenvalue weighted by molar-refractivity contribution is -0.134. The van der Waals surface area contributed by atoms with Crippen LogP contribution in [0.25, 0.3) is 11.6 Å². The number of halogens is 1. The molecule has 3 aromatic rings. The van der Waals surface area contributed by atoms with Crippen LogP contribution in [-0.2, 0) is 4.79 Å². The summed E-state index contributed by atoms with van der Waals surface area (Å²) in [6.07, 6.45) is 2.61. The van der Waals surface area contributed by atoms with Crippen LogP contribution >= 0.6 is 11.6 Å². The zero-order valence-electron chi connectivity index (χ0n) is 16.3. The second kappa shape index (κ2) is 10.8. The maximum Gasteiger partial charge on any atom is 0.311 e. The molecule has 0 N–H and O–H groups in total. The van der Waals surface area contributed by atoms with Gasteiger partial charge in [-0.05, 0) is 60.0 Å². The van der Waals surface area contributed by atoms with Gasteiger partial charge in [0.2, 0.25) is 0 Å². The van der Waals surface area contributed by atoms with Crippen LogP contribution < -0.4 is 9.47 Å². The van der Waals surface area contributed by atoms with Gasteiger partial charge in [0, 0.05) is 11.4 Å². The number of ether oxygens (including phenoxy) is 2. The Balaban J connectivity index is 1.50. The van der Waals surface area contributed by atoms with E-state index in [2.05, 4.69) is 6.07 Å². The summed E-state index contributed by atoms with van der Waals surface area (Å²) in [5.74, 6) is 0.935. The van der Waals surface area contributed by atoms with Crippen molar-refractivity contribution in [3.8, 4) is 17.6 Å². The quantitative estimate of drug-likeness (QED) is 0.144. The molecule has 0 bridgehead atoms. The molecule has 0 atom stereocenters. The molecule has 0 aliphatic heterocycles. The monoisotopic (exact) mass is 417 g/mol. The number of rotatable bonds is 8. The van der Waals surface area contributed by atoms with E-state index in [0.717, 1.165) is 16.9 Å². The maximum absolute atomic E-state index is 12.0. The predicted octanol–water partition coefficient (Wildman–Crippen LogP) is 6.17. The summed E-state index contributed by atoms with van der Waals surface area (Å²) in [4.78, 5) is 12.0. The summed E-state index contributed by atoms with van der Waals surface area (Å²) in [5.41, 5.74) is 2.14. The van der Waals surface area contributed by atoms with Gasteiger partial charge < -0.3 is 9.47 Å². The fourth-order valence-electron chi connectivity index (χ4n) is 2.71. The number of hydrogen-bond donors (Lipinski definition) is 0. The zero-order chi connectivity index (χ0) is 21.2. The molecule has 0 saturated carbocycles. The van der Waals surface area contributed by atoms with Gasteiger partial charge >= 0.3 is 5.97 Å². The Labute approximate surface area is 180 Å². The average Bonchev–Trinajstić information content (AvgIpc) is 2.78. The lowest BCUT2D eigenvalue weighted by Crippen LogP contribution is -2.09. The van der Waals surface area contributed by atoms with Gasteiger partial charge in [-0.2, -0.15) is 5.26 Å². The molecule has 3 rings (SSSR count). The van der Waals surface area contributed by atoms with E-state index in [1.54, 1.807) is 54.6 Å². The van der Waals surface area contributed by atoms with Gasteiger partial charge in [-0.3, -0.25) is 4.79 Å². The molecule has 0 amide bonds. The third kappa shape index (κ3) is 6.51. The molecule has 0 aromatic heterocycles. The third-order valence-electron chi connectivity index (χ3n) is 4.24. The van der Waals surface area contributed by atoms with E-state index in [0.29, 0.717) is 29.4 Å². The van der Waals surface area contributed by atoms with Gasteiger partial charge in [0.25, 0.3) is 0 Å². The number of para-hydroxylation sites is 1. The maximum atomic E-state index is 12.0. The van der Waals surface area contributed by atoms with Crippen molar-refractivity contribution in [2.45, 2.75) is 12.8 Å². The number of carbonyl (C=O) groups is 1. The molecule has 30 heavy (non-hydrogen) atoms. The van der Waals surface area contributed by atoms with Crippen molar-refractivity contribution in [3.63, 3.8) is 0 Å². The first-order chi connectivity index (χ1) is 14.6. The minimum atomic E-state index is -0.311. The lowest BCUT2D eigenvalue weighted by Gasteiger charge is -2.07.